The molecule has 1 fully saturated rings. The minimum Gasteiger partial charge on any atom is -0.376 e. The first-order chi connectivity index (χ1) is 12.2. The molecule has 7 heteroatoms. The molecule has 2 heterocycles. The molecule has 0 spiro atoms. The molecule has 132 valence electrons. The van der Waals surface area contributed by atoms with Crippen LogP contribution >= 0.6 is 0 Å². The molecule has 0 bridgehead atoms. The minimum atomic E-state index is -0.325. The van der Waals surface area contributed by atoms with E-state index in [9.17, 15) is 9.18 Å². The Hall–Kier alpha value is -2.54. The van der Waals surface area contributed by atoms with Crippen LogP contribution in [-0.4, -0.2) is 41.7 Å². The van der Waals surface area contributed by atoms with Gasteiger partial charge in [-0.2, -0.15) is 0 Å². The molecule has 1 aliphatic heterocycles. The lowest BCUT2D eigenvalue weighted by molar-refractivity contribution is 0.0948. The number of hydrogen-bond donors (Lipinski definition) is 2. The number of nitrogens with zero attached hydrogens (tertiary/aromatic N) is 2. The Morgan fingerprint density at radius 2 is 2.16 bits per heavy atom. The first-order valence-electron chi connectivity index (χ1n) is 8.41. The molecule has 1 aromatic heterocycles. The van der Waals surface area contributed by atoms with Crippen LogP contribution in [-0.2, 0) is 11.2 Å². The maximum absolute atomic E-state index is 13.5. The van der Waals surface area contributed by atoms with Crippen LogP contribution < -0.4 is 10.6 Å². The van der Waals surface area contributed by atoms with Crippen molar-refractivity contribution in [1.82, 2.24) is 15.3 Å². The van der Waals surface area contributed by atoms with Gasteiger partial charge in [-0.05, 0) is 30.9 Å². The van der Waals surface area contributed by atoms with Gasteiger partial charge in [0.1, 0.15) is 17.3 Å². The van der Waals surface area contributed by atoms with Crippen LogP contribution in [0.2, 0.25) is 0 Å². The quantitative estimate of drug-likeness (QED) is 0.805. The van der Waals surface area contributed by atoms with E-state index in [4.69, 9.17) is 4.74 Å². The standard InChI is InChI=1S/C18H21FN4O2/c19-15-6-2-1-4-13(15)7-8-20-18(24)16-11-23-17(12-21-16)22-10-14-5-3-9-25-14/h1-2,4,6,11-12,14H,3,5,7-10H2,(H,20,24)(H,22,23). The van der Waals surface area contributed by atoms with Crippen LogP contribution in [0.15, 0.2) is 36.7 Å². The molecule has 0 aliphatic carbocycles. The topological polar surface area (TPSA) is 76.1 Å². The van der Waals surface area contributed by atoms with E-state index in [1.54, 1.807) is 18.2 Å². The van der Waals surface area contributed by atoms with E-state index in [0.29, 0.717) is 30.9 Å². The Balaban J connectivity index is 1.44. The van der Waals surface area contributed by atoms with Gasteiger partial charge in [-0.25, -0.2) is 14.4 Å². The Bertz CT molecular complexity index is 702. The van der Waals surface area contributed by atoms with Crippen molar-refractivity contribution in [3.05, 3.63) is 53.7 Å². The molecule has 1 unspecified atom stereocenters. The Kier molecular flexibility index (Phi) is 5.90. The highest BCUT2D eigenvalue weighted by Crippen LogP contribution is 2.12. The molecule has 1 amide bonds. The molecule has 1 aromatic carbocycles. The first-order valence-corrected chi connectivity index (χ1v) is 8.41. The smallest absolute Gasteiger partial charge is 0.271 e. The number of rotatable bonds is 7. The fourth-order valence-corrected chi connectivity index (χ4v) is 2.66. The average Bonchev–Trinajstić information content (AvgIpc) is 3.15. The second-order valence-corrected chi connectivity index (χ2v) is 5.90. The van der Waals surface area contributed by atoms with Crippen molar-refractivity contribution in [3.63, 3.8) is 0 Å². The van der Waals surface area contributed by atoms with Crippen molar-refractivity contribution in [2.24, 2.45) is 0 Å². The molecule has 2 N–H and O–H groups in total. The van der Waals surface area contributed by atoms with Crippen LogP contribution in [0.4, 0.5) is 10.2 Å². The van der Waals surface area contributed by atoms with Crippen LogP contribution in [0.3, 0.4) is 0 Å². The predicted molar refractivity (Wildman–Crippen MR) is 91.9 cm³/mol. The third-order valence-electron chi connectivity index (χ3n) is 4.06. The lowest BCUT2D eigenvalue weighted by Gasteiger charge is -2.11. The van der Waals surface area contributed by atoms with Crippen LogP contribution in [0.1, 0.15) is 28.9 Å². The van der Waals surface area contributed by atoms with E-state index in [1.807, 2.05) is 0 Å². The molecule has 2 aromatic rings. The van der Waals surface area contributed by atoms with Gasteiger partial charge in [0.25, 0.3) is 5.91 Å². The van der Waals surface area contributed by atoms with Crippen molar-refractivity contribution in [3.8, 4) is 0 Å². The van der Waals surface area contributed by atoms with Gasteiger partial charge in [0.2, 0.25) is 0 Å². The van der Waals surface area contributed by atoms with E-state index in [0.717, 1.165) is 19.4 Å². The number of carbonyl (C=O) groups excluding carboxylic acids is 1. The normalized spacial score (nSPS) is 16.6. The summed E-state index contributed by atoms with van der Waals surface area (Å²) in [5, 5.41) is 5.87. The van der Waals surface area contributed by atoms with Gasteiger partial charge in [-0.1, -0.05) is 18.2 Å². The summed E-state index contributed by atoms with van der Waals surface area (Å²) in [4.78, 5) is 20.4. The van der Waals surface area contributed by atoms with E-state index in [1.165, 1.54) is 18.5 Å². The fraction of sp³-hybridized carbons (Fsp3) is 0.389. The first kappa shape index (κ1) is 17.3. The van der Waals surface area contributed by atoms with Gasteiger partial charge in [-0.3, -0.25) is 4.79 Å². The molecule has 1 atom stereocenters. The molecular formula is C18H21FN4O2. The van der Waals surface area contributed by atoms with E-state index < -0.39 is 0 Å². The molecule has 25 heavy (non-hydrogen) atoms. The number of aromatic nitrogens is 2. The zero-order chi connectivity index (χ0) is 17.5. The maximum Gasteiger partial charge on any atom is 0.271 e. The summed E-state index contributed by atoms with van der Waals surface area (Å²) in [5.41, 5.74) is 0.804. The maximum atomic E-state index is 13.5. The number of ether oxygens (including phenoxy) is 1. The lowest BCUT2D eigenvalue weighted by Crippen LogP contribution is -2.27. The highest BCUT2D eigenvalue weighted by Gasteiger charge is 2.15. The van der Waals surface area contributed by atoms with Crippen molar-refractivity contribution in [2.75, 3.05) is 25.0 Å². The second-order valence-electron chi connectivity index (χ2n) is 5.90. The highest BCUT2D eigenvalue weighted by molar-refractivity contribution is 5.91. The zero-order valence-corrected chi connectivity index (χ0v) is 13.9. The van der Waals surface area contributed by atoms with Gasteiger partial charge >= 0.3 is 0 Å². The lowest BCUT2D eigenvalue weighted by atomic mass is 10.1. The number of halogens is 1. The second kappa shape index (κ2) is 8.53. The minimum absolute atomic E-state index is 0.211. The molecule has 0 radical (unpaired) electrons. The summed E-state index contributed by atoms with van der Waals surface area (Å²) in [5.74, 6) is 0.0196. The molecule has 1 saturated heterocycles. The Labute approximate surface area is 145 Å². The number of carbonyl (C=O) groups is 1. The third-order valence-corrected chi connectivity index (χ3v) is 4.06. The van der Waals surface area contributed by atoms with Gasteiger partial charge < -0.3 is 15.4 Å². The summed E-state index contributed by atoms with van der Waals surface area (Å²) >= 11 is 0. The number of hydrogen-bond acceptors (Lipinski definition) is 5. The van der Waals surface area contributed by atoms with Crippen LogP contribution in [0.5, 0.6) is 0 Å². The van der Waals surface area contributed by atoms with Gasteiger partial charge in [0, 0.05) is 19.7 Å². The monoisotopic (exact) mass is 344 g/mol. The number of anilines is 1. The fourth-order valence-electron chi connectivity index (χ4n) is 2.66. The summed E-state index contributed by atoms with van der Waals surface area (Å²) in [7, 11) is 0. The average molecular weight is 344 g/mol. The molecule has 1 aliphatic rings. The summed E-state index contributed by atoms with van der Waals surface area (Å²) in [6.07, 6.45) is 5.72. The van der Waals surface area contributed by atoms with Gasteiger partial charge in [0.15, 0.2) is 0 Å². The van der Waals surface area contributed by atoms with E-state index in [2.05, 4.69) is 20.6 Å². The number of amides is 1. The molecule has 6 nitrogen and oxygen atoms in total. The number of benzene rings is 1. The number of nitrogens with one attached hydrogen (secondary N) is 2. The van der Waals surface area contributed by atoms with Crippen molar-refractivity contribution in [1.29, 1.82) is 0 Å². The SMILES string of the molecule is O=C(NCCc1ccccc1F)c1cnc(NCC2CCCO2)cn1. The van der Waals surface area contributed by atoms with Gasteiger partial charge in [-0.15, -0.1) is 0 Å². The molecule has 3 rings (SSSR count). The van der Waals surface area contributed by atoms with E-state index >= 15 is 0 Å². The van der Waals surface area contributed by atoms with Crippen LogP contribution in [0, 0.1) is 5.82 Å². The summed E-state index contributed by atoms with van der Waals surface area (Å²) in [6.45, 7) is 1.83. The molecule has 0 saturated carbocycles. The third kappa shape index (κ3) is 4.96. The Morgan fingerprint density at radius 3 is 2.88 bits per heavy atom. The van der Waals surface area contributed by atoms with Crippen molar-refractivity contribution < 1.29 is 13.9 Å². The Morgan fingerprint density at radius 1 is 1.28 bits per heavy atom. The van der Waals surface area contributed by atoms with Crippen molar-refractivity contribution >= 4 is 11.7 Å². The van der Waals surface area contributed by atoms with E-state index in [-0.39, 0.29) is 23.5 Å². The zero-order valence-electron chi connectivity index (χ0n) is 13.9. The van der Waals surface area contributed by atoms with Crippen molar-refractivity contribution in [2.45, 2.75) is 25.4 Å². The summed E-state index contributed by atoms with van der Waals surface area (Å²) < 4.78 is 19.0. The molecular weight excluding hydrogens is 323 g/mol. The predicted octanol–water partition coefficient (Wildman–Crippen LogP) is 2.18. The largest absolute Gasteiger partial charge is 0.376 e. The van der Waals surface area contributed by atoms with Gasteiger partial charge in [0.05, 0.1) is 18.5 Å². The van der Waals surface area contributed by atoms with Crippen LogP contribution in [0.25, 0.3) is 0 Å². The highest BCUT2D eigenvalue weighted by atomic mass is 19.1. The summed E-state index contributed by atoms with van der Waals surface area (Å²) in [6, 6.07) is 6.52.